The molecule has 1 fully saturated rings. The molecule has 0 aromatic rings. The molecule has 0 saturated carbocycles. The molecule has 1 rings (SSSR count). The molecule has 0 aromatic heterocycles. The molecule has 2 amide bonds. The zero-order valence-electron chi connectivity index (χ0n) is 12.0. The first-order valence-corrected chi connectivity index (χ1v) is 6.70. The second-order valence-corrected chi connectivity index (χ2v) is 5.91. The van der Waals surface area contributed by atoms with E-state index in [2.05, 4.69) is 5.32 Å². The van der Waals surface area contributed by atoms with Crippen molar-refractivity contribution in [2.75, 3.05) is 13.1 Å². The van der Waals surface area contributed by atoms with Crippen molar-refractivity contribution in [1.29, 1.82) is 0 Å². The van der Waals surface area contributed by atoms with Gasteiger partial charge in [0.1, 0.15) is 6.54 Å². The molecule has 0 spiro atoms. The van der Waals surface area contributed by atoms with E-state index < -0.39 is 30.1 Å². The highest BCUT2D eigenvalue weighted by Gasteiger charge is 2.41. The second-order valence-electron chi connectivity index (χ2n) is 5.91. The first-order valence-electron chi connectivity index (χ1n) is 6.70. The summed E-state index contributed by atoms with van der Waals surface area (Å²) in [6.07, 6.45) is -2.92. The van der Waals surface area contributed by atoms with E-state index in [9.17, 15) is 22.8 Å². The van der Waals surface area contributed by atoms with Crippen LogP contribution in [0.4, 0.5) is 13.2 Å². The van der Waals surface area contributed by atoms with Crippen molar-refractivity contribution >= 4 is 11.8 Å². The molecule has 1 saturated heterocycles. The normalized spacial score (nSPS) is 20.4. The van der Waals surface area contributed by atoms with Crippen LogP contribution < -0.4 is 5.32 Å². The Morgan fingerprint density at radius 1 is 1.40 bits per heavy atom. The van der Waals surface area contributed by atoms with Gasteiger partial charge < -0.3 is 10.2 Å². The molecular weight excluding hydrogens is 273 g/mol. The fourth-order valence-corrected chi connectivity index (χ4v) is 2.44. The lowest BCUT2D eigenvalue weighted by atomic mass is 9.97. The highest BCUT2D eigenvalue weighted by atomic mass is 19.4. The summed E-state index contributed by atoms with van der Waals surface area (Å²) in [6.45, 7) is 4.26. The standard InChI is InChI=1S/C13H21F3N2O2/c1-4-5-12(2,3)17-11(20)9-6-10(19)18(7-9)8-13(14,15)16/h9H,4-8H2,1-3H3,(H,17,20)/t9-/m0/s1. The molecule has 116 valence electrons. The van der Waals surface area contributed by atoms with Gasteiger partial charge in [0.05, 0.1) is 5.92 Å². The van der Waals surface area contributed by atoms with Crippen molar-refractivity contribution in [2.24, 2.45) is 5.92 Å². The van der Waals surface area contributed by atoms with Gasteiger partial charge in [-0.2, -0.15) is 13.2 Å². The number of carbonyl (C=O) groups excluding carboxylic acids is 2. The van der Waals surface area contributed by atoms with Crippen molar-refractivity contribution in [3.05, 3.63) is 0 Å². The summed E-state index contributed by atoms with van der Waals surface area (Å²) in [6, 6.07) is 0. The molecule has 1 aliphatic rings. The van der Waals surface area contributed by atoms with E-state index in [1.54, 1.807) is 0 Å². The summed E-state index contributed by atoms with van der Waals surface area (Å²) >= 11 is 0. The van der Waals surface area contributed by atoms with Crippen LogP contribution in [0.1, 0.15) is 40.0 Å². The molecule has 1 atom stereocenters. The Morgan fingerprint density at radius 2 is 2.00 bits per heavy atom. The number of carbonyl (C=O) groups is 2. The predicted octanol–water partition coefficient (Wildman–Crippen LogP) is 2.09. The number of rotatable bonds is 5. The Balaban J connectivity index is 2.58. The van der Waals surface area contributed by atoms with E-state index in [0.29, 0.717) is 4.90 Å². The molecule has 0 unspecified atom stereocenters. The molecule has 7 heteroatoms. The molecule has 1 aliphatic heterocycles. The molecule has 0 aromatic carbocycles. The number of alkyl halides is 3. The van der Waals surface area contributed by atoms with E-state index in [-0.39, 0.29) is 18.9 Å². The predicted molar refractivity (Wildman–Crippen MR) is 67.9 cm³/mol. The van der Waals surface area contributed by atoms with Crippen LogP contribution in [0.2, 0.25) is 0 Å². The van der Waals surface area contributed by atoms with E-state index in [1.165, 1.54) is 0 Å². The maximum absolute atomic E-state index is 12.3. The molecular formula is C13H21F3N2O2. The molecule has 0 radical (unpaired) electrons. The second kappa shape index (κ2) is 6.01. The topological polar surface area (TPSA) is 49.4 Å². The Hall–Kier alpha value is -1.27. The molecule has 0 aliphatic carbocycles. The molecule has 0 bridgehead atoms. The molecule has 1 N–H and O–H groups in total. The SMILES string of the molecule is CCCC(C)(C)NC(=O)[C@H]1CC(=O)N(CC(F)(F)F)C1. The molecule has 1 heterocycles. The minimum atomic E-state index is -4.43. The highest BCUT2D eigenvalue weighted by Crippen LogP contribution is 2.24. The Bertz CT molecular complexity index is 380. The summed E-state index contributed by atoms with van der Waals surface area (Å²) < 4.78 is 36.9. The Morgan fingerprint density at radius 3 is 2.50 bits per heavy atom. The third-order valence-corrected chi connectivity index (χ3v) is 3.29. The number of hydrogen-bond acceptors (Lipinski definition) is 2. The molecule has 20 heavy (non-hydrogen) atoms. The largest absolute Gasteiger partial charge is 0.406 e. The van der Waals surface area contributed by atoms with Crippen molar-refractivity contribution in [1.82, 2.24) is 10.2 Å². The fourth-order valence-electron chi connectivity index (χ4n) is 2.44. The van der Waals surface area contributed by atoms with Crippen LogP contribution in [-0.2, 0) is 9.59 Å². The van der Waals surface area contributed by atoms with Crippen molar-refractivity contribution in [2.45, 2.75) is 51.7 Å². The average molecular weight is 294 g/mol. The van der Waals surface area contributed by atoms with Crippen LogP contribution in [0, 0.1) is 5.92 Å². The van der Waals surface area contributed by atoms with E-state index in [0.717, 1.165) is 12.8 Å². The van der Waals surface area contributed by atoms with Gasteiger partial charge in [0.2, 0.25) is 11.8 Å². The number of hydrogen-bond donors (Lipinski definition) is 1. The number of nitrogens with one attached hydrogen (secondary N) is 1. The fraction of sp³-hybridized carbons (Fsp3) is 0.846. The minimum absolute atomic E-state index is 0.149. The van der Waals surface area contributed by atoms with E-state index in [1.807, 2.05) is 20.8 Å². The van der Waals surface area contributed by atoms with Crippen LogP contribution >= 0.6 is 0 Å². The van der Waals surface area contributed by atoms with Crippen LogP contribution in [0.15, 0.2) is 0 Å². The van der Waals surface area contributed by atoms with Gasteiger partial charge in [-0.3, -0.25) is 9.59 Å². The monoisotopic (exact) mass is 294 g/mol. The van der Waals surface area contributed by atoms with Gasteiger partial charge in [-0.15, -0.1) is 0 Å². The smallest absolute Gasteiger partial charge is 0.351 e. The van der Waals surface area contributed by atoms with Crippen LogP contribution in [-0.4, -0.2) is 41.5 Å². The summed E-state index contributed by atoms with van der Waals surface area (Å²) in [5.41, 5.74) is -0.410. The first-order chi connectivity index (χ1) is 9.04. The Labute approximate surface area is 116 Å². The van der Waals surface area contributed by atoms with Gasteiger partial charge in [0.25, 0.3) is 0 Å². The van der Waals surface area contributed by atoms with Gasteiger partial charge in [0.15, 0.2) is 0 Å². The van der Waals surface area contributed by atoms with Crippen molar-refractivity contribution in [3.8, 4) is 0 Å². The maximum Gasteiger partial charge on any atom is 0.406 e. The number of nitrogens with zero attached hydrogens (tertiary/aromatic N) is 1. The maximum atomic E-state index is 12.3. The van der Waals surface area contributed by atoms with Gasteiger partial charge in [-0.05, 0) is 20.3 Å². The summed E-state index contributed by atoms with van der Waals surface area (Å²) in [5.74, 6) is -1.65. The summed E-state index contributed by atoms with van der Waals surface area (Å²) in [7, 11) is 0. The minimum Gasteiger partial charge on any atom is -0.351 e. The van der Waals surface area contributed by atoms with Crippen molar-refractivity contribution in [3.63, 3.8) is 0 Å². The third kappa shape index (κ3) is 5.02. The summed E-state index contributed by atoms with van der Waals surface area (Å²) in [4.78, 5) is 24.2. The van der Waals surface area contributed by atoms with Crippen molar-refractivity contribution < 1.29 is 22.8 Å². The van der Waals surface area contributed by atoms with Crippen LogP contribution in [0.25, 0.3) is 0 Å². The Kier molecular flexibility index (Phi) is 5.05. The number of amides is 2. The first kappa shape index (κ1) is 16.8. The zero-order valence-corrected chi connectivity index (χ0v) is 12.0. The van der Waals surface area contributed by atoms with Gasteiger partial charge in [-0.25, -0.2) is 0 Å². The highest BCUT2D eigenvalue weighted by molar-refractivity contribution is 5.89. The lowest BCUT2D eigenvalue weighted by Crippen LogP contribution is -2.46. The number of likely N-dealkylation sites (tertiary alicyclic amines) is 1. The number of halogens is 3. The van der Waals surface area contributed by atoms with Crippen LogP contribution in [0.5, 0.6) is 0 Å². The van der Waals surface area contributed by atoms with Gasteiger partial charge in [0, 0.05) is 18.5 Å². The zero-order chi connectivity index (χ0) is 15.6. The van der Waals surface area contributed by atoms with Crippen LogP contribution in [0.3, 0.4) is 0 Å². The molecule has 4 nitrogen and oxygen atoms in total. The lowest BCUT2D eigenvalue weighted by molar-refractivity contribution is -0.157. The quantitative estimate of drug-likeness (QED) is 0.844. The van der Waals surface area contributed by atoms with E-state index >= 15 is 0 Å². The van der Waals surface area contributed by atoms with Gasteiger partial charge >= 0.3 is 6.18 Å². The average Bonchev–Trinajstić information content (AvgIpc) is 2.57. The van der Waals surface area contributed by atoms with E-state index in [4.69, 9.17) is 0 Å². The van der Waals surface area contributed by atoms with Gasteiger partial charge in [-0.1, -0.05) is 13.3 Å². The lowest BCUT2D eigenvalue weighted by Gasteiger charge is -2.27. The summed E-state index contributed by atoms with van der Waals surface area (Å²) in [5, 5.41) is 2.80. The third-order valence-electron chi connectivity index (χ3n) is 3.29.